The molecule has 4 rings (SSSR count). The molecule has 0 saturated heterocycles. The first-order valence-corrected chi connectivity index (χ1v) is 9.80. The molecule has 0 bridgehead atoms. The summed E-state index contributed by atoms with van der Waals surface area (Å²) in [5.74, 6) is -2.51. The predicted octanol–water partition coefficient (Wildman–Crippen LogP) is 3.07. The van der Waals surface area contributed by atoms with Gasteiger partial charge in [0.05, 0.1) is 5.52 Å². The van der Waals surface area contributed by atoms with Gasteiger partial charge in [-0.3, -0.25) is 9.59 Å². The monoisotopic (exact) mass is 408 g/mol. The number of benzene rings is 2. The molecule has 0 fully saturated rings. The Hall–Kier alpha value is -3.48. The lowest BCUT2D eigenvalue weighted by Gasteiger charge is -2.27. The van der Waals surface area contributed by atoms with Gasteiger partial charge in [-0.1, -0.05) is 30.3 Å². The predicted molar refractivity (Wildman–Crippen MR) is 110 cm³/mol. The van der Waals surface area contributed by atoms with Crippen molar-refractivity contribution in [1.29, 1.82) is 0 Å². The molecule has 2 N–H and O–H groups in total. The minimum absolute atomic E-state index is 0.0252. The topological polar surface area (TPSA) is 88.4 Å². The smallest absolute Gasteiger partial charge is 0.326 e. The maximum absolute atomic E-state index is 14.1. The largest absolute Gasteiger partial charge is 0.480 e. The summed E-state index contributed by atoms with van der Waals surface area (Å²) in [6.07, 6.45) is 2.95. The summed E-state index contributed by atoms with van der Waals surface area (Å²) in [7, 11) is 0. The second-order valence-corrected chi connectivity index (χ2v) is 7.68. The van der Waals surface area contributed by atoms with Gasteiger partial charge >= 0.3 is 5.97 Å². The van der Waals surface area contributed by atoms with E-state index in [1.807, 2.05) is 17.6 Å². The highest BCUT2D eigenvalue weighted by atomic mass is 19.1. The van der Waals surface area contributed by atoms with Crippen LogP contribution in [0.3, 0.4) is 0 Å². The molecule has 1 amide bonds. The van der Waals surface area contributed by atoms with Crippen molar-refractivity contribution in [3.63, 3.8) is 0 Å². The first-order valence-electron chi connectivity index (χ1n) is 9.80. The molecule has 0 radical (unpaired) electrons. The van der Waals surface area contributed by atoms with Crippen molar-refractivity contribution in [2.24, 2.45) is 0 Å². The van der Waals surface area contributed by atoms with Crippen LogP contribution in [0.25, 0.3) is 10.9 Å². The molecule has 7 heteroatoms. The molecule has 2 atom stereocenters. The molecule has 2 aromatic carbocycles. The number of hydrogen-bond donors (Lipinski definition) is 2. The van der Waals surface area contributed by atoms with E-state index < -0.39 is 29.2 Å². The van der Waals surface area contributed by atoms with E-state index >= 15 is 0 Å². The Labute approximate surface area is 172 Å². The molecule has 1 aliphatic heterocycles. The number of aromatic nitrogens is 1. The maximum atomic E-state index is 14.1. The number of nitrogens with one attached hydrogen (secondary N) is 1. The molecule has 1 unspecified atom stereocenters. The minimum Gasteiger partial charge on any atom is -0.480 e. The molecule has 6 nitrogen and oxygen atoms in total. The van der Waals surface area contributed by atoms with Gasteiger partial charge in [0.2, 0.25) is 5.43 Å². The van der Waals surface area contributed by atoms with Crippen molar-refractivity contribution in [3.05, 3.63) is 81.4 Å². The van der Waals surface area contributed by atoms with E-state index in [0.29, 0.717) is 11.9 Å². The quantitative estimate of drug-likeness (QED) is 0.679. The Bertz CT molecular complexity index is 1200. The first kappa shape index (κ1) is 19.8. The lowest BCUT2D eigenvalue weighted by molar-refractivity contribution is -0.139. The highest BCUT2D eigenvalue weighted by Gasteiger charge is 2.26. The lowest BCUT2D eigenvalue weighted by Crippen LogP contribution is -2.44. The van der Waals surface area contributed by atoms with Gasteiger partial charge in [-0.05, 0) is 43.0 Å². The van der Waals surface area contributed by atoms with E-state index in [2.05, 4.69) is 5.32 Å². The zero-order chi connectivity index (χ0) is 21.4. The van der Waals surface area contributed by atoms with Crippen LogP contribution in [-0.4, -0.2) is 27.6 Å². The van der Waals surface area contributed by atoms with E-state index in [4.69, 9.17) is 0 Å². The highest BCUT2D eigenvalue weighted by Crippen LogP contribution is 2.30. The fourth-order valence-corrected chi connectivity index (χ4v) is 4.03. The van der Waals surface area contributed by atoms with Crippen molar-refractivity contribution in [1.82, 2.24) is 9.88 Å². The zero-order valence-corrected chi connectivity index (χ0v) is 16.4. The van der Waals surface area contributed by atoms with Crippen LogP contribution in [0.2, 0.25) is 0 Å². The number of hydrogen-bond acceptors (Lipinski definition) is 3. The van der Waals surface area contributed by atoms with Crippen molar-refractivity contribution in [2.45, 2.75) is 38.3 Å². The van der Waals surface area contributed by atoms with Crippen LogP contribution in [-0.2, 0) is 17.6 Å². The number of amides is 1. The van der Waals surface area contributed by atoms with Gasteiger partial charge in [0.1, 0.15) is 17.4 Å². The van der Waals surface area contributed by atoms with Crippen molar-refractivity contribution in [3.8, 4) is 0 Å². The minimum atomic E-state index is -1.20. The molecule has 1 aromatic heterocycles. The van der Waals surface area contributed by atoms with Gasteiger partial charge in [0, 0.05) is 24.0 Å². The Morgan fingerprint density at radius 2 is 2.00 bits per heavy atom. The summed E-state index contributed by atoms with van der Waals surface area (Å²) < 4.78 is 15.9. The Kier molecular flexibility index (Phi) is 5.11. The van der Waals surface area contributed by atoms with Gasteiger partial charge in [0.15, 0.2) is 0 Å². The second kappa shape index (κ2) is 7.74. The molecule has 1 aliphatic rings. The molecule has 0 aliphatic carbocycles. The zero-order valence-electron chi connectivity index (χ0n) is 16.4. The van der Waals surface area contributed by atoms with Gasteiger partial charge in [-0.25, -0.2) is 9.18 Å². The standard InChI is InChI=1S/C23H21FN2O4/c1-13-7-8-15-10-16(24)11-17-20(15)26(13)12-18(21(17)27)22(28)25-19(23(29)30)9-14-5-3-2-4-6-14/h2-6,10-13,19H,7-9H2,1H3,(H,25,28)(H,29,30)/t13?,19-/m1/s1. The maximum Gasteiger partial charge on any atom is 0.326 e. The van der Waals surface area contributed by atoms with Crippen LogP contribution in [0.15, 0.2) is 53.5 Å². The first-order chi connectivity index (χ1) is 14.3. The Morgan fingerprint density at radius 3 is 2.70 bits per heavy atom. The third-order valence-corrected chi connectivity index (χ3v) is 5.61. The van der Waals surface area contributed by atoms with Gasteiger partial charge in [-0.15, -0.1) is 0 Å². The van der Waals surface area contributed by atoms with Crippen molar-refractivity contribution >= 4 is 22.8 Å². The Morgan fingerprint density at radius 1 is 1.27 bits per heavy atom. The van der Waals surface area contributed by atoms with Gasteiger partial charge in [0.25, 0.3) is 5.91 Å². The fraction of sp³-hybridized carbons (Fsp3) is 0.261. The number of nitrogens with zero attached hydrogens (tertiary/aromatic N) is 1. The number of halogens is 1. The van der Waals surface area contributed by atoms with Gasteiger partial charge in [-0.2, -0.15) is 0 Å². The molecule has 0 spiro atoms. The molecule has 3 aromatic rings. The summed E-state index contributed by atoms with van der Waals surface area (Å²) in [6.45, 7) is 1.97. The van der Waals surface area contributed by atoms with Crippen molar-refractivity contribution < 1.29 is 19.1 Å². The van der Waals surface area contributed by atoms with Crippen LogP contribution in [0.4, 0.5) is 4.39 Å². The van der Waals surface area contributed by atoms with E-state index in [-0.39, 0.29) is 23.4 Å². The molecule has 0 saturated carbocycles. The average molecular weight is 408 g/mol. The fourth-order valence-electron chi connectivity index (χ4n) is 4.03. The summed E-state index contributed by atoms with van der Waals surface area (Å²) in [5.41, 5.74) is 1.33. The molecule has 30 heavy (non-hydrogen) atoms. The van der Waals surface area contributed by atoms with Crippen LogP contribution >= 0.6 is 0 Å². The summed E-state index contributed by atoms with van der Waals surface area (Å²) >= 11 is 0. The average Bonchev–Trinajstić information content (AvgIpc) is 2.72. The number of carboxylic acid groups (broad SMARTS) is 1. The van der Waals surface area contributed by atoms with Crippen LogP contribution in [0.1, 0.15) is 40.9 Å². The third-order valence-electron chi connectivity index (χ3n) is 5.61. The number of aryl methyl sites for hydroxylation is 1. The SMILES string of the molecule is CC1CCc2cc(F)cc3c(=O)c(C(=O)N[C@H](Cc4ccccc4)C(=O)O)cn1c23. The highest BCUT2D eigenvalue weighted by molar-refractivity contribution is 5.99. The molecule has 2 heterocycles. The van der Waals surface area contributed by atoms with E-state index in [0.717, 1.165) is 23.6 Å². The molecular weight excluding hydrogens is 387 g/mol. The number of aliphatic carboxylic acids is 1. The van der Waals surface area contributed by atoms with E-state index in [9.17, 15) is 23.9 Å². The van der Waals surface area contributed by atoms with E-state index in [1.54, 1.807) is 24.3 Å². The summed E-state index contributed by atoms with van der Waals surface area (Å²) in [5, 5.41) is 12.1. The van der Waals surface area contributed by atoms with Crippen LogP contribution in [0.5, 0.6) is 0 Å². The van der Waals surface area contributed by atoms with E-state index in [1.165, 1.54) is 12.3 Å². The normalized spacial score (nSPS) is 16.3. The van der Waals surface area contributed by atoms with Crippen molar-refractivity contribution in [2.75, 3.05) is 0 Å². The summed E-state index contributed by atoms with van der Waals surface area (Å²) in [6, 6.07) is 10.3. The number of carboxylic acids is 1. The third kappa shape index (κ3) is 3.58. The summed E-state index contributed by atoms with van der Waals surface area (Å²) in [4.78, 5) is 37.6. The number of pyridine rings is 1. The second-order valence-electron chi connectivity index (χ2n) is 7.68. The number of carbonyl (C=O) groups excluding carboxylic acids is 1. The van der Waals surface area contributed by atoms with Gasteiger partial charge < -0.3 is 15.0 Å². The number of carbonyl (C=O) groups is 2. The molecular formula is C23H21FN2O4. The Balaban J connectivity index is 1.74. The lowest BCUT2D eigenvalue weighted by atomic mass is 9.95. The molecule has 154 valence electrons. The number of rotatable bonds is 5. The van der Waals surface area contributed by atoms with Crippen LogP contribution in [0, 0.1) is 5.82 Å². The van der Waals surface area contributed by atoms with Crippen LogP contribution < -0.4 is 10.7 Å².